The monoisotopic (exact) mass is 465 g/mol. The smallest absolute Gasteiger partial charge is 0.264 e. The Morgan fingerprint density at radius 1 is 0.722 bits per heavy atom. The van der Waals surface area contributed by atoms with Crippen LogP contribution in [0.5, 0.6) is 0 Å². The van der Waals surface area contributed by atoms with Gasteiger partial charge in [-0.05, 0) is 29.3 Å². The summed E-state index contributed by atoms with van der Waals surface area (Å²) in [7, 11) is 0. The molecule has 3 aromatic carbocycles. The van der Waals surface area contributed by atoms with E-state index in [1.54, 1.807) is 21.0 Å². The largest absolute Gasteiger partial charge is 0.309 e. The molecule has 4 aromatic heterocycles. The quantitative estimate of drug-likeness (QED) is 0.251. The van der Waals surface area contributed by atoms with E-state index in [1.807, 2.05) is 78.9 Å². The first-order valence-electron chi connectivity index (χ1n) is 11.7. The molecule has 5 heteroatoms. The van der Waals surface area contributed by atoms with Gasteiger partial charge in [0.2, 0.25) is 0 Å². The van der Waals surface area contributed by atoms with Crippen molar-refractivity contribution < 1.29 is 0 Å². The predicted molar refractivity (Wildman–Crippen MR) is 148 cm³/mol. The summed E-state index contributed by atoms with van der Waals surface area (Å²) in [6.07, 6.45) is 4.33. The standard InChI is InChI=1S/C31H19N3O2/c1-2-18(16-17-32)24-26-20-12-6-8-14-22(20)34-28(26)29-27(25(31(34)36)19-10-4-3-5-11-19)21-13-7-9-15-23(21)33(29)30(24)35/h2-17,32H,1H2/b18-16+,32-17?. The lowest BCUT2D eigenvalue weighted by Gasteiger charge is -2.11. The number of rotatable bonds is 4. The van der Waals surface area contributed by atoms with Gasteiger partial charge in [0, 0.05) is 27.8 Å². The minimum Gasteiger partial charge on any atom is -0.309 e. The van der Waals surface area contributed by atoms with Crippen molar-refractivity contribution in [2.45, 2.75) is 0 Å². The predicted octanol–water partition coefficient (Wildman–Crippen LogP) is 6.13. The number of benzene rings is 3. The van der Waals surface area contributed by atoms with Crippen LogP contribution < -0.4 is 11.1 Å². The van der Waals surface area contributed by atoms with Gasteiger partial charge in [0.1, 0.15) is 0 Å². The van der Waals surface area contributed by atoms with Gasteiger partial charge in [-0.1, -0.05) is 79.4 Å². The van der Waals surface area contributed by atoms with Crippen molar-refractivity contribution in [1.82, 2.24) is 8.80 Å². The Morgan fingerprint density at radius 2 is 1.28 bits per heavy atom. The van der Waals surface area contributed by atoms with Crippen LogP contribution in [-0.2, 0) is 0 Å². The summed E-state index contributed by atoms with van der Waals surface area (Å²) in [6.45, 7) is 3.92. The highest BCUT2D eigenvalue weighted by molar-refractivity contribution is 6.27. The summed E-state index contributed by atoms with van der Waals surface area (Å²) < 4.78 is 3.48. The van der Waals surface area contributed by atoms with Gasteiger partial charge in [-0.25, -0.2) is 0 Å². The summed E-state index contributed by atoms with van der Waals surface area (Å²) in [5, 5.41) is 10.8. The van der Waals surface area contributed by atoms with Crippen LogP contribution in [0.3, 0.4) is 0 Å². The zero-order chi connectivity index (χ0) is 24.6. The zero-order valence-corrected chi connectivity index (χ0v) is 19.2. The van der Waals surface area contributed by atoms with E-state index in [1.165, 1.54) is 0 Å². The van der Waals surface area contributed by atoms with Gasteiger partial charge in [0.25, 0.3) is 11.1 Å². The van der Waals surface area contributed by atoms with E-state index in [0.717, 1.165) is 44.5 Å². The van der Waals surface area contributed by atoms with Crippen LogP contribution in [0.15, 0.2) is 107 Å². The van der Waals surface area contributed by atoms with Crippen LogP contribution >= 0.6 is 0 Å². The molecule has 4 heterocycles. The molecule has 0 aliphatic rings. The van der Waals surface area contributed by atoms with E-state index in [4.69, 9.17) is 5.41 Å². The number of hydrogen-bond acceptors (Lipinski definition) is 3. The second-order valence-electron chi connectivity index (χ2n) is 8.87. The van der Waals surface area contributed by atoms with E-state index < -0.39 is 0 Å². The fourth-order valence-corrected chi connectivity index (χ4v) is 5.78. The third kappa shape index (κ3) is 2.36. The minimum absolute atomic E-state index is 0.126. The summed E-state index contributed by atoms with van der Waals surface area (Å²) in [4.78, 5) is 28.7. The molecular formula is C31H19N3O2. The molecule has 170 valence electrons. The fourth-order valence-electron chi connectivity index (χ4n) is 5.78. The molecule has 0 fully saturated rings. The second-order valence-corrected chi connectivity index (χ2v) is 8.87. The Balaban J connectivity index is 1.94. The maximum atomic E-state index is 14.4. The van der Waals surface area contributed by atoms with Crippen LogP contribution in [0.4, 0.5) is 0 Å². The first kappa shape index (κ1) is 20.4. The second kappa shape index (κ2) is 7.23. The van der Waals surface area contributed by atoms with Crippen molar-refractivity contribution in [2.24, 2.45) is 0 Å². The average Bonchev–Trinajstić information content (AvgIpc) is 3.43. The molecular weight excluding hydrogens is 446 g/mol. The highest BCUT2D eigenvalue weighted by Crippen LogP contribution is 2.42. The number of pyridine rings is 2. The third-order valence-corrected chi connectivity index (χ3v) is 7.14. The lowest BCUT2D eigenvalue weighted by atomic mass is 9.97. The van der Waals surface area contributed by atoms with Crippen molar-refractivity contribution in [2.75, 3.05) is 0 Å². The Labute approximate surface area is 204 Å². The van der Waals surface area contributed by atoms with E-state index >= 15 is 0 Å². The summed E-state index contributed by atoms with van der Waals surface area (Å²) in [6, 6.07) is 25.1. The molecule has 0 amide bonds. The highest BCUT2D eigenvalue weighted by Gasteiger charge is 2.29. The molecule has 0 radical (unpaired) electrons. The van der Waals surface area contributed by atoms with Gasteiger partial charge in [0.15, 0.2) is 0 Å². The highest BCUT2D eigenvalue weighted by atomic mass is 16.1. The molecule has 0 spiro atoms. The molecule has 36 heavy (non-hydrogen) atoms. The van der Waals surface area contributed by atoms with Gasteiger partial charge in [-0.2, -0.15) is 0 Å². The lowest BCUT2D eigenvalue weighted by Crippen LogP contribution is -2.21. The Hall–Kier alpha value is -5.03. The van der Waals surface area contributed by atoms with E-state index in [0.29, 0.717) is 27.6 Å². The molecule has 0 saturated heterocycles. The Bertz CT molecular complexity index is 2160. The number of aromatic nitrogens is 2. The molecule has 7 aromatic rings. The van der Waals surface area contributed by atoms with Crippen molar-refractivity contribution in [1.29, 1.82) is 5.41 Å². The van der Waals surface area contributed by atoms with Gasteiger partial charge < -0.3 is 5.41 Å². The summed E-state index contributed by atoms with van der Waals surface area (Å²) in [5.41, 5.74) is 4.98. The van der Waals surface area contributed by atoms with E-state index in [-0.39, 0.29) is 11.1 Å². The molecule has 7 rings (SSSR count). The maximum absolute atomic E-state index is 14.4. The first-order valence-corrected chi connectivity index (χ1v) is 11.7. The fraction of sp³-hybridized carbons (Fsp3) is 0. The summed E-state index contributed by atoms with van der Waals surface area (Å²) >= 11 is 0. The molecule has 0 saturated carbocycles. The number of fused-ring (bicyclic) bond motifs is 6. The van der Waals surface area contributed by atoms with Crippen LogP contribution in [0, 0.1) is 5.41 Å². The van der Waals surface area contributed by atoms with Crippen molar-refractivity contribution in [3.63, 3.8) is 0 Å². The van der Waals surface area contributed by atoms with Gasteiger partial charge >= 0.3 is 0 Å². The Kier molecular flexibility index (Phi) is 4.09. The van der Waals surface area contributed by atoms with Gasteiger partial charge in [-0.15, -0.1) is 0 Å². The molecule has 0 aliphatic heterocycles. The minimum atomic E-state index is -0.197. The molecule has 0 atom stereocenters. The normalized spacial score (nSPS) is 12.5. The SMILES string of the molecule is C=C/C(=C\C=N)c1c(=O)n2c3ccccc3c3c(-c4ccccc4)c(=O)n4c5ccccc5c1c4c32. The number of para-hydroxylation sites is 2. The molecule has 5 nitrogen and oxygen atoms in total. The van der Waals surface area contributed by atoms with Crippen LogP contribution in [0.2, 0.25) is 0 Å². The molecule has 0 aliphatic carbocycles. The Morgan fingerprint density at radius 3 is 1.92 bits per heavy atom. The first-order chi connectivity index (χ1) is 17.7. The number of nitrogens with one attached hydrogen (secondary N) is 1. The maximum Gasteiger partial charge on any atom is 0.264 e. The average molecular weight is 466 g/mol. The third-order valence-electron chi connectivity index (χ3n) is 7.14. The van der Waals surface area contributed by atoms with Crippen molar-refractivity contribution in [3.05, 3.63) is 124 Å². The zero-order valence-electron chi connectivity index (χ0n) is 19.2. The van der Waals surface area contributed by atoms with E-state index in [9.17, 15) is 9.59 Å². The van der Waals surface area contributed by atoms with E-state index in [2.05, 4.69) is 6.58 Å². The number of nitrogens with zero attached hydrogens (tertiary/aromatic N) is 2. The van der Waals surface area contributed by atoms with Crippen LogP contribution in [0.25, 0.3) is 60.3 Å². The molecule has 1 N–H and O–H groups in total. The van der Waals surface area contributed by atoms with Crippen LogP contribution in [-0.4, -0.2) is 15.0 Å². The van der Waals surface area contributed by atoms with Crippen LogP contribution in [0.1, 0.15) is 5.56 Å². The van der Waals surface area contributed by atoms with Gasteiger partial charge in [-0.3, -0.25) is 18.4 Å². The van der Waals surface area contributed by atoms with Crippen molar-refractivity contribution in [3.8, 4) is 11.1 Å². The molecule has 0 unspecified atom stereocenters. The van der Waals surface area contributed by atoms with Gasteiger partial charge in [0.05, 0.1) is 33.2 Å². The molecule has 0 bridgehead atoms. The topological polar surface area (TPSA) is 66.8 Å². The lowest BCUT2D eigenvalue weighted by molar-refractivity contribution is 1.14. The van der Waals surface area contributed by atoms with Crippen molar-refractivity contribution >= 4 is 55.4 Å². The number of hydrogen-bond donors (Lipinski definition) is 1. The number of allylic oxidation sites excluding steroid dienone is 3. The summed E-state index contributed by atoms with van der Waals surface area (Å²) in [5.74, 6) is 0.